The van der Waals surface area contributed by atoms with Crippen LogP contribution in [0.4, 0.5) is 0 Å². The molecule has 30 heavy (non-hydrogen) atoms. The van der Waals surface area contributed by atoms with Crippen LogP contribution in [0.3, 0.4) is 0 Å². The van der Waals surface area contributed by atoms with Gasteiger partial charge in [0.05, 0.1) is 17.6 Å². The number of ether oxygens (including phenoxy) is 1. The largest absolute Gasteiger partial charge is 0.494 e. The van der Waals surface area contributed by atoms with E-state index in [-0.39, 0.29) is 0 Å². The Labute approximate surface area is 179 Å². The first-order valence-corrected chi connectivity index (χ1v) is 11.0. The predicted octanol–water partition coefficient (Wildman–Crippen LogP) is 6.24. The van der Waals surface area contributed by atoms with E-state index in [2.05, 4.69) is 90.4 Å². The molecule has 0 bridgehead atoms. The van der Waals surface area contributed by atoms with Gasteiger partial charge in [0.2, 0.25) is 0 Å². The van der Waals surface area contributed by atoms with Crippen molar-refractivity contribution in [3.05, 3.63) is 95.8 Å². The molecule has 0 radical (unpaired) electrons. The summed E-state index contributed by atoms with van der Waals surface area (Å²) in [5.41, 5.74) is 5.03. The minimum atomic E-state index is 0.747. The molecule has 0 saturated heterocycles. The zero-order chi connectivity index (χ0) is 20.6. The van der Waals surface area contributed by atoms with Crippen molar-refractivity contribution in [3.63, 3.8) is 0 Å². The molecule has 0 amide bonds. The minimum absolute atomic E-state index is 0.747. The van der Waals surface area contributed by atoms with E-state index in [0.29, 0.717) is 0 Å². The number of para-hydroxylation sites is 2. The van der Waals surface area contributed by atoms with E-state index in [0.717, 1.165) is 56.5 Å². The first-order chi connectivity index (χ1) is 14.8. The number of hydrogen-bond acceptors (Lipinski definition) is 2. The molecule has 0 fully saturated rings. The van der Waals surface area contributed by atoms with Crippen LogP contribution in [0, 0.1) is 0 Å². The number of nitrogens with zero attached hydrogens (tertiary/aromatic N) is 2. The van der Waals surface area contributed by atoms with Crippen LogP contribution in [-0.2, 0) is 25.8 Å². The third-order valence-corrected chi connectivity index (χ3v) is 5.59. The monoisotopic (exact) mass is 398 g/mol. The molecule has 0 aliphatic heterocycles. The second-order valence-corrected chi connectivity index (χ2v) is 7.71. The van der Waals surface area contributed by atoms with Gasteiger partial charge in [0.25, 0.3) is 0 Å². The highest BCUT2D eigenvalue weighted by Crippen LogP contribution is 2.19. The van der Waals surface area contributed by atoms with Crippen molar-refractivity contribution < 1.29 is 4.74 Å². The maximum absolute atomic E-state index is 5.92. The average Bonchev–Trinajstić information content (AvgIpc) is 3.16. The van der Waals surface area contributed by atoms with E-state index in [4.69, 9.17) is 9.72 Å². The molecule has 0 aliphatic rings. The second kappa shape index (κ2) is 10.1. The first kappa shape index (κ1) is 20.2. The number of hydrogen-bond donors (Lipinski definition) is 0. The summed E-state index contributed by atoms with van der Waals surface area (Å²) in [5, 5.41) is 0. The topological polar surface area (TPSA) is 27.1 Å². The maximum atomic E-state index is 5.92. The van der Waals surface area contributed by atoms with Gasteiger partial charge in [-0.2, -0.15) is 0 Å². The fraction of sp³-hybridized carbons (Fsp3) is 0.296. The lowest BCUT2D eigenvalue weighted by molar-refractivity contribution is 0.303. The van der Waals surface area contributed by atoms with Crippen molar-refractivity contribution >= 4 is 11.0 Å². The lowest BCUT2D eigenvalue weighted by atomic mass is 10.1. The first-order valence-electron chi connectivity index (χ1n) is 11.0. The Hall–Kier alpha value is -3.07. The Bertz CT molecular complexity index is 1050. The van der Waals surface area contributed by atoms with Crippen molar-refractivity contribution in [3.8, 4) is 5.75 Å². The van der Waals surface area contributed by atoms with Crippen LogP contribution in [0.5, 0.6) is 5.75 Å². The highest BCUT2D eigenvalue weighted by molar-refractivity contribution is 5.75. The highest BCUT2D eigenvalue weighted by atomic mass is 16.5. The number of imidazole rings is 1. The number of aryl methyl sites for hydroxylation is 4. The van der Waals surface area contributed by atoms with Crippen LogP contribution < -0.4 is 4.74 Å². The van der Waals surface area contributed by atoms with Crippen LogP contribution in [0.1, 0.15) is 36.7 Å². The Morgan fingerprint density at radius 2 is 1.53 bits per heavy atom. The Kier molecular flexibility index (Phi) is 6.81. The number of aromatic nitrogens is 2. The third kappa shape index (κ3) is 5.10. The van der Waals surface area contributed by atoms with Gasteiger partial charge in [-0.25, -0.2) is 4.98 Å². The molecule has 0 N–H and O–H groups in total. The Morgan fingerprint density at radius 1 is 0.767 bits per heavy atom. The molecule has 154 valence electrons. The predicted molar refractivity (Wildman–Crippen MR) is 124 cm³/mol. The normalized spacial score (nSPS) is 11.1. The molecule has 3 aromatic carbocycles. The van der Waals surface area contributed by atoms with Gasteiger partial charge in [0.15, 0.2) is 0 Å². The molecule has 0 spiro atoms. The lowest BCUT2D eigenvalue weighted by Crippen LogP contribution is -2.07. The molecule has 0 aliphatic carbocycles. The summed E-state index contributed by atoms with van der Waals surface area (Å²) in [6.07, 6.45) is 5.14. The molecule has 0 unspecified atom stereocenters. The Balaban J connectivity index is 1.35. The van der Waals surface area contributed by atoms with Gasteiger partial charge in [-0.05, 0) is 61.1 Å². The summed E-state index contributed by atoms with van der Waals surface area (Å²) >= 11 is 0. The number of unbranched alkanes of at least 4 members (excludes halogenated alkanes) is 1. The van der Waals surface area contributed by atoms with E-state index in [1.54, 1.807) is 0 Å². The van der Waals surface area contributed by atoms with E-state index >= 15 is 0 Å². The zero-order valence-electron chi connectivity index (χ0n) is 17.8. The molecule has 3 nitrogen and oxygen atoms in total. The SMILES string of the molecule is CCc1ccc(OCCCCn2c(CCc3ccccc3)nc3ccccc32)cc1. The fourth-order valence-corrected chi connectivity index (χ4v) is 3.85. The van der Waals surface area contributed by atoms with Gasteiger partial charge < -0.3 is 9.30 Å². The molecule has 3 heteroatoms. The average molecular weight is 399 g/mol. The molecule has 4 aromatic rings. The molecule has 0 atom stereocenters. The standard InChI is InChI=1S/C27H30N2O/c1-2-22-14-17-24(18-15-22)30-21-9-8-20-29-26-13-7-6-12-25(26)28-27(29)19-16-23-10-4-3-5-11-23/h3-7,10-15,17-18H,2,8-9,16,19-21H2,1H3. The summed E-state index contributed by atoms with van der Waals surface area (Å²) in [4.78, 5) is 4.92. The van der Waals surface area contributed by atoms with Crippen LogP contribution in [0.15, 0.2) is 78.9 Å². The summed E-state index contributed by atoms with van der Waals surface area (Å²) in [6.45, 7) is 3.89. The van der Waals surface area contributed by atoms with Gasteiger partial charge in [0, 0.05) is 13.0 Å². The van der Waals surface area contributed by atoms with E-state index in [1.165, 1.54) is 22.5 Å². The van der Waals surface area contributed by atoms with Crippen molar-refractivity contribution in [1.29, 1.82) is 0 Å². The second-order valence-electron chi connectivity index (χ2n) is 7.71. The van der Waals surface area contributed by atoms with Crippen molar-refractivity contribution in [1.82, 2.24) is 9.55 Å². The molecule has 0 saturated carbocycles. The summed E-state index contributed by atoms with van der Waals surface area (Å²) < 4.78 is 8.32. The highest BCUT2D eigenvalue weighted by Gasteiger charge is 2.10. The van der Waals surface area contributed by atoms with Gasteiger partial charge in [-0.15, -0.1) is 0 Å². The minimum Gasteiger partial charge on any atom is -0.494 e. The number of benzene rings is 3. The van der Waals surface area contributed by atoms with Gasteiger partial charge in [0.1, 0.15) is 11.6 Å². The van der Waals surface area contributed by atoms with E-state index < -0.39 is 0 Å². The van der Waals surface area contributed by atoms with Crippen LogP contribution in [-0.4, -0.2) is 16.2 Å². The summed E-state index contributed by atoms with van der Waals surface area (Å²) in [7, 11) is 0. The van der Waals surface area contributed by atoms with Gasteiger partial charge in [-0.1, -0.05) is 61.5 Å². The van der Waals surface area contributed by atoms with Crippen molar-refractivity contribution in [2.75, 3.05) is 6.61 Å². The molecule has 4 rings (SSSR count). The maximum Gasteiger partial charge on any atom is 0.119 e. The zero-order valence-corrected chi connectivity index (χ0v) is 17.8. The molecular weight excluding hydrogens is 368 g/mol. The van der Waals surface area contributed by atoms with E-state index in [9.17, 15) is 0 Å². The third-order valence-electron chi connectivity index (χ3n) is 5.59. The van der Waals surface area contributed by atoms with Crippen LogP contribution in [0.25, 0.3) is 11.0 Å². The Morgan fingerprint density at radius 3 is 2.33 bits per heavy atom. The fourth-order valence-electron chi connectivity index (χ4n) is 3.85. The lowest BCUT2D eigenvalue weighted by Gasteiger charge is -2.10. The quantitative estimate of drug-likeness (QED) is 0.296. The van der Waals surface area contributed by atoms with Gasteiger partial charge >= 0.3 is 0 Å². The summed E-state index contributed by atoms with van der Waals surface area (Å²) in [5.74, 6) is 2.14. The van der Waals surface area contributed by atoms with Crippen molar-refractivity contribution in [2.24, 2.45) is 0 Å². The van der Waals surface area contributed by atoms with Gasteiger partial charge in [-0.3, -0.25) is 0 Å². The van der Waals surface area contributed by atoms with Crippen molar-refractivity contribution in [2.45, 2.75) is 45.6 Å². The van der Waals surface area contributed by atoms with Crippen LogP contribution >= 0.6 is 0 Å². The number of rotatable bonds is 10. The molecule has 1 aromatic heterocycles. The number of fused-ring (bicyclic) bond motifs is 1. The summed E-state index contributed by atoms with van der Waals surface area (Å²) in [6, 6.07) is 27.6. The smallest absolute Gasteiger partial charge is 0.119 e. The van der Waals surface area contributed by atoms with Crippen LogP contribution in [0.2, 0.25) is 0 Å². The molecule has 1 heterocycles. The molecular formula is C27H30N2O. The van der Waals surface area contributed by atoms with E-state index in [1.807, 2.05) is 0 Å².